The SMILES string of the molecule is COc1ccc(OC)c(-c2[nH]c3ccccc3c2[C@H]2C(C)=C(C)C(=O)N2C[C@H]2CCCO2)c1. The molecule has 1 amide bonds. The maximum absolute atomic E-state index is 13.4. The quantitative estimate of drug-likeness (QED) is 0.562. The molecule has 6 nitrogen and oxygen atoms in total. The zero-order valence-corrected chi connectivity index (χ0v) is 19.6. The minimum Gasteiger partial charge on any atom is -0.497 e. The first-order valence-electron chi connectivity index (χ1n) is 11.5. The van der Waals surface area contributed by atoms with Crippen LogP contribution in [0.4, 0.5) is 0 Å². The summed E-state index contributed by atoms with van der Waals surface area (Å²) in [6.07, 6.45) is 2.11. The number of hydrogen-bond acceptors (Lipinski definition) is 4. The number of para-hydroxylation sites is 1. The number of ether oxygens (including phenoxy) is 3. The van der Waals surface area contributed by atoms with Gasteiger partial charge in [0.1, 0.15) is 11.5 Å². The van der Waals surface area contributed by atoms with Crippen LogP contribution in [0.25, 0.3) is 22.2 Å². The third-order valence-corrected chi connectivity index (χ3v) is 7.01. The molecule has 0 unspecified atom stereocenters. The summed E-state index contributed by atoms with van der Waals surface area (Å²) in [5, 5.41) is 1.10. The highest BCUT2D eigenvalue weighted by atomic mass is 16.5. The largest absolute Gasteiger partial charge is 0.497 e. The van der Waals surface area contributed by atoms with E-state index in [0.29, 0.717) is 6.54 Å². The first-order chi connectivity index (χ1) is 16.0. The number of fused-ring (bicyclic) bond motifs is 1. The maximum atomic E-state index is 13.4. The van der Waals surface area contributed by atoms with E-state index in [9.17, 15) is 4.79 Å². The van der Waals surface area contributed by atoms with Gasteiger partial charge in [0.2, 0.25) is 5.91 Å². The molecule has 0 radical (unpaired) electrons. The highest BCUT2D eigenvalue weighted by Crippen LogP contribution is 2.47. The second-order valence-electron chi connectivity index (χ2n) is 8.83. The van der Waals surface area contributed by atoms with Crippen molar-refractivity contribution < 1.29 is 19.0 Å². The molecule has 33 heavy (non-hydrogen) atoms. The Morgan fingerprint density at radius 1 is 1.12 bits per heavy atom. The molecule has 0 bridgehead atoms. The molecule has 5 rings (SSSR count). The Balaban J connectivity index is 1.73. The second kappa shape index (κ2) is 8.60. The molecule has 1 fully saturated rings. The Kier molecular flexibility index (Phi) is 5.62. The van der Waals surface area contributed by atoms with E-state index in [1.807, 2.05) is 42.2 Å². The van der Waals surface area contributed by atoms with Gasteiger partial charge in [-0.25, -0.2) is 0 Å². The average molecular weight is 447 g/mol. The zero-order chi connectivity index (χ0) is 23.1. The summed E-state index contributed by atoms with van der Waals surface area (Å²) in [5.74, 6) is 1.58. The van der Waals surface area contributed by atoms with Gasteiger partial charge in [0.05, 0.1) is 32.1 Å². The van der Waals surface area contributed by atoms with E-state index in [1.54, 1.807) is 14.2 Å². The lowest BCUT2D eigenvalue weighted by molar-refractivity contribution is -0.128. The molecule has 1 N–H and O–H groups in total. The minimum atomic E-state index is -0.177. The molecule has 172 valence electrons. The van der Waals surface area contributed by atoms with Crippen LogP contribution in [-0.4, -0.2) is 49.3 Å². The van der Waals surface area contributed by atoms with E-state index in [1.165, 1.54) is 0 Å². The molecule has 3 heterocycles. The fourth-order valence-corrected chi connectivity index (χ4v) is 5.18. The fourth-order valence-electron chi connectivity index (χ4n) is 5.18. The van der Waals surface area contributed by atoms with Gasteiger partial charge < -0.3 is 24.1 Å². The number of H-pyrrole nitrogens is 1. The van der Waals surface area contributed by atoms with Crippen molar-refractivity contribution in [1.82, 2.24) is 9.88 Å². The van der Waals surface area contributed by atoms with Crippen LogP contribution in [0.15, 0.2) is 53.6 Å². The van der Waals surface area contributed by atoms with Gasteiger partial charge in [-0.05, 0) is 56.5 Å². The van der Waals surface area contributed by atoms with Gasteiger partial charge >= 0.3 is 0 Å². The topological polar surface area (TPSA) is 63.8 Å². The summed E-state index contributed by atoms with van der Waals surface area (Å²) < 4.78 is 17.2. The molecule has 1 saturated heterocycles. The number of aromatic nitrogens is 1. The molecular formula is C27H30N2O4. The Morgan fingerprint density at radius 3 is 2.67 bits per heavy atom. The Hall–Kier alpha value is -3.25. The van der Waals surface area contributed by atoms with Crippen molar-refractivity contribution in [3.63, 3.8) is 0 Å². The zero-order valence-electron chi connectivity index (χ0n) is 19.6. The van der Waals surface area contributed by atoms with Crippen LogP contribution in [-0.2, 0) is 9.53 Å². The van der Waals surface area contributed by atoms with Crippen LogP contribution in [0.1, 0.15) is 38.3 Å². The van der Waals surface area contributed by atoms with Crippen molar-refractivity contribution in [1.29, 1.82) is 0 Å². The molecule has 3 aromatic rings. The number of carbonyl (C=O) groups is 1. The Bertz CT molecular complexity index is 1240. The van der Waals surface area contributed by atoms with Crippen molar-refractivity contribution in [2.24, 2.45) is 0 Å². The summed E-state index contributed by atoms with van der Waals surface area (Å²) in [5.41, 5.74) is 5.84. The standard InChI is InChI=1S/C27H30N2O4/c1-16-17(2)27(30)29(15-19-8-7-13-33-19)26(16)24-20-9-5-6-10-22(20)28-25(24)21-14-18(31-3)11-12-23(21)32-4/h5-6,9-12,14,19,26,28H,7-8,13,15H2,1-4H3/t19-,26-/m1/s1. The number of hydrogen-bond donors (Lipinski definition) is 1. The van der Waals surface area contributed by atoms with Gasteiger partial charge in [0.25, 0.3) is 0 Å². The van der Waals surface area contributed by atoms with E-state index >= 15 is 0 Å². The number of rotatable bonds is 6. The molecule has 2 aromatic carbocycles. The molecule has 1 aromatic heterocycles. The maximum Gasteiger partial charge on any atom is 0.250 e. The Morgan fingerprint density at radius 2 is 1.94 bits per heavy atom. The molecule has 0 saturated carbocycles. The summed E-state index contributed by atoms with van der Waals surface area (Å²) >= 11 is 0. The van der Waals surface area contributed by atoms with Gasteiger partial charge in [-0.3, -0.25) is 4.79 Å². The number of amides is 1. The number of benzene rings is 2. The fraction of sp³-hybridized carbons (Fsp3) is 0.370. The van der Waals surface area contributed by atoms with Crippen molar-refractivity contribution in [3.05, 3.63) is 59.2 Å². The molecule has 6 heteroatoms. The van der Waals surface area contributed by atoms with E-state index < -0.39 is 0 Å². The summed E-state index contributed by atoms with van der Waals surface area (Å²) in [7, 11) is 3.33. The van der Waals surface area contributed by atoms with Gasteiger partial charge in [0, 0.05) is 40.8 Å². The molecule has 2 atom stereocenters. The average Bonchev–Trinajstić information content (AvgIpc) is 3.54. The normalized spacial score (nSPS) is 20.8. The van der Waals surface area contributed by atoms with Crippen molar-refractivity contribution in [3.8, 4) is 22.8 Å². The molecule has 0 aliphatic carbocycles. The minimum absolute atomic E-state index is 0.0789. The number of methoxy groups -OCH3 is 2. The lowest BCUT2D eigenvalue weighted by Gasteiger charge is -2.30. The molecule has 0 spiro atoms. The van der Waals surface area contributed by atoms with Crippen LogP contribution < -0.4 is 9.47 Å². The third kappa shape index (κ3) is 3.59. The van der Waals surface area contributed by atoms with Crippen molar-refractivity contribution >= 4 is 16.8 Å². The first kappa shape index (κ1) is 21.6. The van der Waals surface area contributed by atoms with Crippen molar-refractivity contribution in [2.75, 3.05) is 27.4 Å². The predicted octanol–water partition coefficient (Wildman–Crippen LogP) is 5.25. The number of nitrogens with one attached hydrogen (secondary N) is 1. The van der Waals surface area contributed by atoms with Crippen molar-refractivity contribution in [2.45, 2.75) is 38.8 Å². The summed E-state index contributed by atoms with van der Waals surface area (Å²) in [4.78, 5) is 19.0. The summed E-state index contributed by atoms with van der Waals surface area (Å²) in [6, 6.07) is 13.9. The van der Waals surface area contributed by atoms with Gasteiger partial charge in [-0.2, -0.15) is 0 Å². The predicted molar refractivity (Wildman–Crippen MR) is 129 cm³/mol. The first-order valence-corrected chi connectivity index (χ1v) is 11.5. The van der Waals surface area contributed by atoms with E-state index in [-0.39, 0.29) is 18.1 Å². The third-order valence-electron chi connectivity index (χ3n) is 7.01. The molecular weight excluding hydrogens is 416 g/mol. The lowest BCUT2D eigenvalue weighted by atomic mass is 9.93. The smallest absolute Gasteiger partial charge is 0.250 e. The van der Waals surface area contributed by atoms with Gasteiger partial charge in [-0.15, -0.1) is 0 Å². The van der Waals surface area contributed by atoms with E-state index in [4.69, 9.17) is 14.2 Å². The number of carbonyl (C=O) groups excluding carboxylic acids is 1. The molecule has 2 aliphatic heterocycles. The van der Waals surface area contributed by atoms with Crippen LogP contribution >= 0.6 is 0 Å². The lowest BCUT2D eigenvalue weighted by Crippen LogP contribution is -2.36. The van der Waals surface area contributed by atoms with Gasteiger partial charge in [-0.1, -0.05) is 18.2 Å². The Labute approximate surface area is 194 Å². The highest BCUT2D eigenvalue weighted by Gasteiger charge is 2.40. The number of aromatic amines is 1. The second-order valence-corrected chi connectivity index (χ2v) is 8.83. The van der Waals surface area contributed by atoms with Crippen LogP contribution in [0.5, 0.6) is 11.5 Å². The van der Waals surface area contributed by atoms with Crippen LogP contribution in [0.2, 0.25) is 0 Å². The summed E-state index contributed by atoms with van der Waals surface area (Å²) in [6.45, 7) is 5.36. The number of nitrogens with zero attached hydrogens (tertiary/aromatic N) is 1. The van der Waals surface area contributed by atoms with Crippen LogP contribution in [0.3, 0.4) is 0 Å². The van der Waals surface area contributed by atoms with Crippen LogP contribution in [0, 0.1) is 0 Å². The monoisotopic (exact) mass is 446 g/mol. The van der Waals surface area contributed by atoms with Gasteiger partial charge in [0.15, 0.2) is 0 Å². The van der Waals surface area contributed by atoms with E-state index in [2.05, 4.69) is 24.0 Å². The van der Waals surface area contributed by atoms with E-state index in [0.717, 1.165) is 69.8 Å². The highest BCUT2D eigenvalue weighted by molar-refractivity contribution is 6.00. The molecule has 2 aliphatic rings.